The van der Waals surface area contributed by atoms with Crippen molar-refractivity contribution in [3.8, 4) is 11.3 Å². The lowest BCUT2D eigenvalue weighted by atomic mass is 10.2. The minimum Gasteiger partial charge on any atom is -0.368 e. The molecule has 0 saturated carbocycles. The quantitative estimate of drug-likeness (QED) is 0.902. The van der Waals surface area contributed by atoms with Crippen molar-refractivity contribution in [3.63, 3.8) is 0 Å². The first kappa shape index (κ1) is 11.7. The van der Waals surface area contributed by atoms with Crippen molar-refractivity contribution in [3.05, 3.63) is 34.7 Å². The highest BCUT2D eigenvalue weighted by molar-refractivity contribution is 7.10. The Hall–Kier alpha value is -1.37. The molecule has 1 N–H and O–H groups in total. The summed E-state index contributed by atoms with van der Waals surface area (Å²) < 4.78 is 18.7. The summed E-state index contributed by atoms with van der Waals surface area (Å²) in [5.74, 6) is -0.349. The van der Waals surface area contributed by atoms with Crippen molar-refractivity contribution in [2.45, 2.75) is 6.10 Å². The van der Waals surface area contributed by atoms with Crippen LogP contribution in [0.4, 0.5) is 4.39 Å². The summed E-state index contributed by atoms with van der Waals surface area (Å²) in [4.78, 5) is 8.32. The lowest BCUT2D eigenvalue weighted by molar-refractivity contribution is 0.0276. The molecule has 18 heavy (non-hydrogen) atoms. The van der Waals surface area contributed by atoms with Crippen molar-refractivity contribution < 1.29 is 9.13 Å². The summed E-state index contributed by atoms with van der Waals surface area (Å²) in [6.07, 6.45) is 2.80. The van der Waals surface area contributed by atoms with Crippen LogP contribution in [0.1, 0.15) is 11.1 Å². The molecule has 0 radical (unpaired) electrons. The van der Waals surface area contributed by atoms with Crippen molar-refractivity contribution >= 4 is 11.3 Å². The van der Waals surface area contributed by atoms with Crippen LogP contribution in [0.3, 0.4) is 0 Å². The Morgan fingerprint density at radius 3 is 3.17 bits per heavy atom. The third-order valence-electron chi connectivity index (χ3n) is 2.73. The third-order valence-corrected chi connectivity index (χ3v) is 3.66. The summed E-state index contributed by atoms with van der Waals surface area (Å²) in [6.45, 7) is 2.35. The Bertz CT molecular complexity index is 540. The number of rotatable bonds is 2. The molecule has 1 saturated heterocycles. The van der Waals surface area contributed by atoms with Gasteiger partial charge < -0.3 is 10.1 Å². The molecule has 1 aliphatic rings. The van der Waals surface area contributed by atoms with Crippen LogP contribution in [-0.4, -0.2) is 29.7 Å². The fraction of sp³-hybridized carbons (Fsp3) is 0.333. The van der Waals surface area contributed by atoms with E-state index in [1.165, 1.54) is 23.6 Å². The van der Waals surface area contributed by atoms with Gasteiger partial charge in [0.15, 0.2) is 0 Å². The fourth-order valence-electron chi connectivity index (χ4n) is 1.84. The molecule has 0 aliphatic carbocycles. The first-order chi connectivity index (χ1) is 8.83. The molecule has 4 nitrogen and oxygen atoms in total. The molecule has 0 aromatic carbocycles. The van der Waals surface area contributed by atoms with Gasteiger partial charge in [0, 0.05) is 30.2 Å². The Morgan fingerprint density at radius 1 is 1.44 bits per heavy atom. The number of morpholine rings is 1. The molecule has 3 heterocycles. The third kappa shape index (κ3) is 2.40. The van der Waals surface area contributed by atoms with Crippen molar-refractivity contribution in [1.82, 2.24) is 15.3 Å². The van der Waals surface area contributed by atoms with Crippen LogP contribution in [0.2, 0.25) is 0 Å². The van der Waals surface area contributed by atoms with Gasteiger partial charge in [-0.05, 0) is 6.07 Å². The zero-order valence-corrected chi connectivity index (χ0v) is 10.4. The summed E-state index contributed by atoms with van der Waals surface area (Å²) in [7, 11) is 0. The average molecular weight is 265 g/mol. The largest absolute Gasteiger partial charge is 0.368 e. The van der Waals surface area contributed by atoms with Gasteiger partial charge in [-0.1, -0.05) is 0 Å². The van der Waals surface area contributed by atoms with E-state index in [2.05, 4.69) is 15.3 Å². The normalized spacial score (nSPS) is 19.9. The van der Waals surface area contributed by atoms with E-state index < -0.39 is 0 Å². The number of thiazole rings is 1. The molecule has 0 amide bonds. The smallest absolute Gasteiger partial charge is 0.142 e. The number of nitrogens with zero attached hydrogens (tertiary/aromatic N) is 2. The number of ether oxygens (including phenoxy) is 1. The molecule has 1 fully saturated rings. The second-order valence-electron chi connectivity index (χ2n) is 4.03. The molecule has 2 aromatic rings. The average Bonchev–Trinajstić information content (AvgIpc) is 2.89. The first-order valence-electron chi connectivity index (χ1n) is 5.71. The second kappa shape index (κ2) is 5.09. The highest BCUT2D eigenvalue weighted by Gasteiger charge is 2.19. The van der Waals surface area contributed by atoms with Crippen molar-refractivity contribution in [1.29, 1.82) is 0 Å². The van der Waals surface area contributed by atoms with Crippen LogP contribution in [0.5, 0.6) is 0 Å². The van der Waals surface area contributed by atoms with Gasteiger partial charge in [-0.15, -0.1) is 11.3 Å². The molecular weight excluding hydrogens is 253 g/mol. The van der Waals surface area contributed by atoms with Crippen LogP contribution in [0.15, 0.2) is 23.8 Å². The highest BCUT2D eigenvalue weighted by atomic mass is 32.1. The van der Waals surface area contributed by atoms with Crippen molar-refractivity contribution in [2.24, 2.45) is 0 Å². The van der Waals surface area contributed by atoms with E-state index in [-0.39, 0.29) is 11.9 Å². The summed E-state index contributed by atoms with van der Waals surface area (Å²) in [6, 6.07) is 1.44. The number of aromatic nitrogens is 2. The number of halogens is 1. The molecule has 1 atom stereocenters. The Balaban J connectivity index is 1.84. The lowest BCUT2D eigenvalue weighted by Crippen LogP contribution is -2.33. The predicted octanol–water partition coefficient (Wildman–Crippen LogP) is 2.01. The van der Waals surface area contributed by atoms with Gasteiger partial charge in [0.25, 0.3) is 0 Å². The van der Waals surface area contributed by atoms with Crippen LogP contribution in [0.25, 0.3) is 11.3 Å². The molecule has 6 heteroatoms. The van der Waals surface area contributed by atoms with E-state index in [0.29, 0.717) is 12.2 Å². The number of nitrogens with one attached hydrogen (secondary N) is 1. The number of hydrogen-bond acceptors (Lipinski definition) is 5. The maximum absolute atomic E-state index is 13.1. The summed E-state index contributed by atoms with van der Waals surface area (Å²) in [5.41, 5.74) is 1.44. The maximum atomic E-state index is 13.1. The van der Waals surface area contributed by atoms with Gasteiger partial charge in [-0.25, -0.2) is 9.37 Å². The highest BCUT2D eigenvalue weighted by Crippen LogP contribution is 2.27. The zero-order valence-electron chi connectivity index (χ0n) is 9.60. The van der Waals surface area contributed by atoms with Gasteiger partial charge in [-0.2, -0.15) is 0 Å². The Labute approximate surface area is 108 Å². The SMILES string of the molecule is Fc1cncc(-c2csc(C3CNCCO3)n2)c1. The molecule has 0 bridgehead atoms. The van der Waals surface area contributed by atoms with Crippen LogP contribution in [0, 0.1) is 5.82 Å². The van der Waals surface area contributed by atoms with E-state index in [9.17, 15) is 4.39 Å². The Morgan fingerprint density at radius 2 is 2.39 bits per heavy atom. The van der Waals surface area contributed by atoms with E-state index >= 15 is 0 Å². The van der Waals surface area contributed by atoms with E-state index in [4.69, 9.17) is 4.74 Å². The molecule has 94 valence electrons. The molecule has 3 rings (SSSR count). The predicted molar refractivity (Wildman–Crippen MR) is 66.9 cm³/mol. The van der Waals surface area contributed by atoms with Crippen LogP contribution >= 0.6 is 11.3 Å². The minimum absolute atomic E-state index is 0.000909. The standard InChI is InChI=1S/C12H12FN3OS/c13-9-3-8(4-15-5-9)10-7-18-12(16-10)11-6-14-1-2-17-11/h3-5,7,11,14H,1-2,6H2. The second-order valence-corrected chi connectivity index (χ2v) is 4.92. The monoisotopic (exact) mass is 265 g/mol. The molecular formula is C12H12FN3OS. The van der Waals surface area contributed by atoms with Crippen molar-refractivity contribution in [2.75, 3.05) is 19.7 Å². The fourth-order valence-corrected chi connectivity index (χ4v) is 2.72. The van der Waals surface area contributed by atoms with E-state index in [1.807, 2.05) is 5.38 Å². The summed E-state index contributed by atoms with van der Waals surface area (Å²) >= 11 is 1.53. The van der Waals surface area contributed by atoms with E-state index in [0.717, 1.165) is 23.8 Å². The van der Waals surface area contributed by atoms with Gasteiger partial charge in [0.1, 0.15) is 16.9 Å². The molecule has 1 unspecified atom stereocenters. The zero-order chi connectivity index (χ0) is 12.4. The van der Waals surface area contributed by atoms with Crippen LogP contribution < -0.4 is 5.32 Å². The van der Waals surface area contributed by atoms with Crippen LogP contribution in [-0.2, 0) is 4.74 Å². The Kier molecular flexibility index (Phi) is 3.31. The van der Waals surface area contributed by atoms with Gasteiger partial charge in [0.05, 0.1) is 18.5 Å². The maximum Gasteiger partial charge on any atom is 0.142 e. The number of hydrogen-bond donors (Lipinski definition) is 1. The lowest BCUT2D eigenvalue weighted by Gasteiger charge is -2.21. The molecule has 1 aliphatic heterocycles. The first-order valence-corrected chi connectivity index (χ1v) is 6.59. The van der Waals surface area contributed by atoms with E-state index in [1.54, 1.807) is 6.20 Å². The topological polar surface area (TPSA) is 47.0 Å². The minimum atomic E-state index is -0.349. The van der Waals surface area contributed by atoms with Gasteiger partial charge in [-0.3, -0.25) is 4.98 Å². The molecule has 2 aromatic heterocycles. The van der Waals surface area contributed by atoms with Gasteiger partial charge in [0.2, 0.25) is 0 Å². The number of pyridine rings is 1. The molecule has 0 spiro atoms. The summed E-state index contributed by atoms with van der Waals surface area (Å²) in [5, 5.41) is 6.09. The van der Waals surface area contributed by atoms with Gasteiger partial charge >= 0.3 is 0 Å².